The molecule has 0 unspecified atom stereocenters. The van der Waals surface area contributed by atoms with Crippen LogP contribution in [0.3, 0.4) is 0 Å². The molecule has 0 saturated heterocycles. The largest absolute Gasteiger partial charge is 0.322 e. The average molecular weight is 355 g/mol. The predicted molar refractivity (Wildman–Crippen MR) is 78.2 cm³/mol. The zero-order chi connectivity index (χ0) is 13.1. The molecule has 4 heteroatoms. The van der Waals surface area contributed by atoms with Crippen molar-refractivity contribution in [1.82, 2.24) is 0 Å². The van der Waals surface area contributed by atoms with E-state index in [9.17, 15) is 9.18 Å². The minimum atomic E-state index is -0.324. The van der Waals surface area contributed by atoms with Crippen LogP contribution in [0.4, 0.5) is 10.1 Å². The summed E-state index contributed by atoms with van der Waals surface area (Å²) in [4.78, 5) is 11.9. The van der Waals surface area contributed by atoms with E-state index in [1.54, 1.807) is 31.2 Å². The molecule has 18 heavy (non-hydrogen) atoms. The number of hydrogen-bond acceptors (Lipinski definition) is 1. The molecule has 0 aromatic heterocycles. The second-order valence-electron chi connectivity index (χ2n) is 3.92. The summed E-state index contributed by atoms with van der Waals surface area (Å²) in [5.74, 6) is -0.565. The van der Waals surface area contributed by atoms with E-state index in [4.69, 9.17) is 0 Å². The van der Waals surface area contributed by atoms with Gasteiger partial charge in [0, 0.05) is 14.8 Å². The van der Waals surface area contributed by atoms with E-state index in [1.807, 2.05) is 12.1 Å². The molecule has 0 aliphatic heterocycles. The normalized spacial score (nSPS) is 10.2. The second-order valence-corrected chi connectivity index (χ2v) is 5.17. The molecule has 0 aliphatic carbocycles. The van der Waals surface area contributed by atoms with Crippen molar-refractivity contribution in [2.45, 2.75) is 6.92 Å². The van der Waals surface area contributed by atoms with Gasteiger partial charge in [-0.2, -0.15) is 0 Å². The third-order valence-corrected chi connectivity index (χ3v) is 3.26. The van der Waals surface area contributed by atoms with Gasteiger partial charge in [0.15, 0.2) is 0 Å². The Hall–Kier alpha value is -1.43. The zero-order valence-electron chi connectivity index (χ0n) is 9.71. The van der Waals surface area contributed by atoms with E-state index in [2.05, 4.69) is 27.9 Å². The van der Waals surface area contributed by atoms with Crippen molar-refractivity contribution in [1.29, 1.82) is 0 Å². The molecule has 2 rings (SSSR count). The molecule has 0 aliphatic rings. The molecule has 0 fully saturated rings. The molecule has 0 heterocycles. The fraction of sp³-hybridized carbons (Fsp3) is 0.0714. The van der Waals surface area contributed by atoms with Crippen LogP contribution in [0.5, 0.6) is 0 Å². The van der Waals surface area contributed by atoms with E-state index >= 15 is 0 Å². The molecule has 2 aromatic carbocycles. The number of amides is 1. The lowest BCUT2D eigenvalue weighted by Crippen LogP contribution is -2.12. The second kappa shape index (κ2) is 5.48. The summed E-state index contributed by atoms with van der Waals surface area (Å²) in [7, 11) is 0. The number of carbonyl (C=O) groups is 1. The molecule has 2 aromatic rings. The van der Waals surface area contributed by atoms with Gasteiger partial charge < -0.3 is 5.32 Å². The van der Waals surface area contributed by atoms with E-state index in [0.717, 1.165) is 3.57 Å². The summed E-state index contributed by atoms with van der Waals surface area (Å²) in [6.45, 7) is 1.68. The highest BCUT2D eigenvalue weighted by atomic mass is 127. The van der Waals surface area contributed by atoms with Crippen molar-refractivity contribution >= 4 is 34.2 Å². The van der Waals surface area contributed by atoms with E-state index in [-0.39, 0.29) is 11.7 Å². The number of anilines is 1. The quantitative estimate of drug-likeness (QED) is 0.811. The van der Waals surface area contributed by atoms with Gasteiger partial charge in [-0.1, -0.05) is 6.07 Å². The van der Waals surface area contributed by atoms with Gasteiger partial charge in [0.2, 0.25) is 0 Å². The van der Waals surface area contributed by atoms with Gasteiger partial charge in [0.25, 0.3) is 5.91 Å². The lowest BCUT2D eigenvalue weighted by atomic mass is 10.2. The number of nitrogens with one attached hydrogen (secondary N) is 1. The standard InChI is InChI=1S/C14H11FINO/c1-9-2-7-12(8-13(9)15)17-14(18)10-3-5-11(16)6-4-10/h2-8H,1H3,(H,17,18). The van der Waals surface area contributed by atoms with Crippen LogP contribution < -0.4 is 5.32 Å². The molecule has 0 saturated carbocycles. The third kappa shape index (κ3) is 3.07. The first-order chi connectivity index (χ1) is 8.56. The van der Waals surface area contributed by atoms with Crippen LogP contribution in [0.2, 0.25) is 0 Å². The van der Waals surface area contributed by atoms with Gasteiger partial charge in [-0.25, -0.2) is 4.39 Å². The van der Waals surface area contributed by atoms with Crippen molar-refractivity contribution in [3.05, 3.63) is 63.0 Å². The fourth-order valence-corrected chi connectivity index (χ4v) is 1.83. The number of aryl methyl sites for hydroxylation is 1. The Morgan fingerprint density at radius 1 is 1.17 bits per heavy atom. The molecule has 0 spiro atoms. The monoisotopic (exact) mass is 355 g/mol. The van der Waals surface area contributed by atoms with E-state index in [1.165, 1.54) is 6.07 Å². The Labute approximate surface area is 118 Å². The van der Waals surface area contributed by atoms with Crippen molar-refractivity contribution in [3.8, 4) is 0 Å². The number of hydrogen-bond donors (Lipinski definition) is 1. The molecular weight excluding hydrogens is 344 g/mol. The molecule has 1 N–H and O–H groups in total. The molecule has 0 radical (unpaired) electrons. The SMILES string of the molecule is Cc1ccc(NC(=O)c2ccc(I)cc2)cc1F. The molecular formula is C14H11FINO. The lowest BCUT2D eigenvalue weighted by Gasteiger charge is -2.06. The Morgan fingerprint density at radius 3 is 2.44 bits per heavy atom. The van der Waals surface area contributed by atoms with Crippen LogP contribution in [0.15, 0.2) is 42.5 Å². The Morgan fingerprint density at radius 2 is 1.83 bits per heavy atom. The van der Waals surface area contributed by atoms with Crippen LogP contribution in [-0.4, -0.2) is 5.91 Å². The highest BCUT2D eigenvalue weighted by Crippen LogP contribution is 2.15. The number of rotatable bonds is 2. The van der Waals surface area contributed by atoms with Crippen LogP contribution >= 0.6 is 22.6 Å². The van der Waals surface area contributed by atoms with E-state index in [0.29, 0.717) is 16.8 Å². The molecule has 92 valence electrons. The number of halogens is 2. The van der Waals surface area contributed by atoms with Gasteiger partial charge in [-0.3, -0.25) is 4.79 Å². The lowest BCUT2D eigenvalue weighted by molar-refractivity contribution is 0.102. The fourth-order valence-electron chi connectivity index (χ4n) is 1.48. The Bertz CT molecular complexity index is 581. The minimum Gasteiger partial charge on any atom is -0.322 e. The Balaban J connectivity index is 2.16. The van der Waals surface area contributed by atoms with Gasteiger partial charge >= 0.3 is 0 Å². The smallest absolute Gasteiger partial charge is 0.255 e. The Kier molecular flexibility index (Phi) is 3.96. The average Bonchev–Trinajstić information content (AvgIpc) is 2.34. The number of carbonyl (C=O) groups excluding carboxylic acids is 1. The van der Waals surface area contributed by atoms with Gasteiger partial charge in [-0.15, -0.1) is 0 Å². The topological polar surface area (TPSA) is 29.1 Å². The summed E-state index contributed by atoms with van der Waals surface area (Å²) in [6, 6.07) is 11.8. The summed E-state index contributed by atoms with van der Waals surface area (Å²) in [6.07, 6.45) is 0. The third-order valence-electron chi connectivity index (χ3n) is 2.54. The van der Waals surface area contributed by atoms with E-state index < -0.39 is 0 Å². The maximum atomic E-state index is 13.3. The first kappa shape index (κ1) is 13.0. The maximum absolute atomic E-state index is 13.3. The molecule has 0 atom stereocenters. The summed E-state index contributed by atoms with van der Waals surface area (Å²) in [5.41, 5.74) is 1.57. The molecule has 0 bridgehead atoms. The van der Waals surface area contributed by atoms with Crippen molar-refractivity contribution in [3.63, 3.8) is 0 Å². The molecule has 2 nitrogen and oxygen atoms in total. The summed E-state index contributed by atoms with van der Waals surface area (Å²) < 4.78 is 14.4. The van der Waals surface area contributed by atoms with Crippen LogP contribution in [-0.2, 0) is 0 Å². The summed E-state index contributed by atoms with van der Waals surface area (Å²) in [5, 5.41) is 2.66. The van der Waals surface area contributed by atoms with Gasteiger partial charge in [0.1, 0.15) is 5.82 Å². The number of benzene rings is 2. The zero-order valence-corrected chi connectivity index (χ0v) is 11.9. The van der Waals surface area contributed by atoms with Gasteiger partial charge in [-0.05, 0) is 71.5 Å². The van der Waals surface area contributed by atoms with Crippen LogP contribution in [0.25, 0.3) is 0 Å². The molecule has 1 amide bonds. The van der Waals surface area contributed by atoms with Crippen molar-refractivity contribution < 1.29 is 9.18 Å². The van der Waals surface area contributed by atoms with Crippen LogP contribution in [0, 0.1) is 16.3 Å². The first-order valence-corrected chi connectivity index (χ1v) is 6.47. The predicted octanol–water partition coefficient (Wildman–Crippen LogP) is 3.99. The van der Waals surface area contributed by atoms with Crippen molar-refractivity contribution in [2.24, 2.45) is 0 Å². The minimum absolute atomic E-state index is 0.241. The maximum Gasteiger partial charge on any atom is 0.255 e. The first-order valence-electron chi connectivity index (χ1n) is 5.39. The van der Waals surface area contributed by atoms with Crippen molar-refractivity contribution in [2.75, 3.05) is 5.32 Å². The highest BCUT2D eigenvalue weighted by Gasteiger charge is 2.07. The van der Waals surface area contributed by atoms with Gasteiger partial charge in [0.05, 0.1) is 0 Å². The highest BCUT2D eigenvalue weighted by molar-refractivity contribution is 14.1. The summed E-state index contributed by atoms with van der Waals surface area (Å²) >= 11 is 2.17. The van der Waals surface area contributed by atoms with Crippen LogP contribution in [0.1, 0.15) is 15.9 Å².